The van der Waals surface area contributed by atoms with Gasteiger partial charge in [0.15, 0.2) is 0 Å². The third kappa shape index (κ3) is 4.37. The van der Waals surface area contributed by atoms with Gasteiger partial charge in [0.1, 0.15) is 5.82 Å². The number of hydrogen-bond donors (Lipinski definition) is 1. The molecular formula is C14H23FN2O. The van der Waals surface area contributed by atoms with Crippen LogP contribution in [0.5, 0.6) is 0 Å². The summed E-state index contributed by atoms with van der Waals surface area (Å²) in [5.74, 6) is -0.233. The monoisotopic (exact) mass is 254 g/mol. The minimum Gasteiger partial charge on any atom is -0.380 e. The zero-order valence-corrected chi connectivity index (χ0v) is 11.4. The molecule has 0 heterocycles. The first kappa shape index (κ1) is 15.1. The van der Waals surface area contributed by atoms with Crippen LogP contribution in [0, 0.1) is 5.82 Å². The average molecular weight is 254 g/mol. The van der Waals surface area contributed by atoms with E-state index in [1.807, 2.05) is 14.0 Å². The third-order valence-electron chi connectivity index (χ3n) is 3.26. The van der Waals surface area contributed by atoms with Crippen LogP contribution < -0.4 is 5.73 Å². The van der Waals surface area contributed by atoms with Crippen LogP contribution in [0.2, 0.25) is 0 Å². The zero-order chi connectivity index (χ0) is 13.5. The topological polar surface area (TPSA) is 38.5 Å². The van der Waals surface area contributed by atoms with Crippen LogP contribution in [0.1, 0.15) is 25.5 Å². The second-order valence-electron chi connectivity index (χ2n) is 4.50. The molecule has 1 rings (SSSR count). The van der Waals surface area contributed by atoms with E-state index >= 15 is 0 Å². The summed E-state index contributed by atoms with van der Waals surface area (Å²) in [6.45, 7) is 6.32. The van der Waals surface area contributed by atoms with Crippen LogP contribution >= 0.6 is 0 Å². The van der Waals surface area contributed by atoms with E-state index in [-0.39, 0.29) is 17.9 Å². The van der Waals surface area contributed by atoms with E-state index < -0.39 is 0 Å². The Hall–Kier alpha value is -0.970. The number of nitrogens with two attached hydrogens (primary N) is 1. The van der Waals surface area contributed by atoms with Gasteiger partial charge in [0, 0.05) is 25.2 Å². The predicted octanol–water partition coefficient (Wildman–Crippen LogP) is 2.18. The van der Waals surface area contributed by atoms with Gasteiger partial charge in [-0.3, -0.25) is 4.90 Å². The molecule has 2 N–H and O–H groups in total. The predicted molar refractivity (Wildman–Crippen MR) is 71.9 cm³/mol. The minimum atomic E-state index is -0.233. The number of benzene rings is 1. The van der Waals surface area contributed by atoms with Crippen molar-refractivity contribution in [2.75, 3.05) is 26.8 Å². The summed E-state index contributed by atoms with van der Waals surface area (Å²) in [7, 11) is 2.02. The van der Waals surface area contributed by atoms with Gasteiger partial charge in [0.25, 0.3) is 0 Å². The molecule has 0 aromatic heterocycles. The quantitative estimate of drug-likeness (QED) is 0.758. The molecule has 0 aliphatic heterocycles. The number of ether oxygens (including phenoxy) is 1. The number of nitrogens with zero attached hydrogens (tertiary/aromatic N) is 1. The number of halogens is 1. The second kappa shape index (κ2) is 7.46. The van der Waals surface area contributed by atoms with E-state index in [1.165, 1.54) is 12.1 Å². The maximum atomic E-state index is 12.8. The Morgan fingerprint density at radius 2 is 1.94 bits per heavy atom. The first-order valence-electron chi connectivity index (χ1n) is 6.35. The minimum absolute atomic E-state index is 0.128. The molecule has 0 amide bonds. The molecule has 2 unspecified atom stereocenters. The van der Waals surface area contributed by atoms with Crippen LogP contribution in [-0.2, 0) is 4.74 Å². The molecule has 0 saturated carbocycles. The van der Waals surface area contributed by atoms with Crippen molar-refractivity contribution in [2.24, 2.45) is 5.73 Å². The van der Waals surface area contributed by atoms with Gasteiger partial charge in [-0.05, 0) is 38.6 Å². The third-order valence-corrected chi connectivity index (χ3v) is 3.26. The molecule has 0 fully saturated rings. The highest BCUT2D eigenvalue weighted by Gasteiger charge is 2.18. The molecule has 3 nitrogen and oxygen atoms in total. The Bertz CT molecular complexity index is 342. The van der Waals surface area contributed by atoms with E-state index in [1.54, 1.807) is 12.1 Å². The fraction of sp³-hybridized carbons (Fsp3) is 0.571. The van der Waals surface area contributed by atoms with Gasteiger partial charge < -0.3 is 10.5 Å². The Morgan fingerprint density at radius 3 is 2.50 bits per heavy atom. The molecule has 0 radical (unpaired) electrons. The molecule has 1 aromatic rings. The first-order chi connectivity index (χ1) is 8.56. The highest BCUT2D eigenvalue weighted by Crippen LogP contribution is 2.17. The van der Waals surface area contributed by atoms with E-state index in [9.17, 15) is 4.39 Å². The van der Waals surface area contributed by atoms with E-state index in [4.69, 9.17) is 10.5 Å². The standard InChI is InChI=1S/C14H23FN2O/c1-4-18-10-9-17(3)11(2)14(16)12-5-7-13(15)8-6-12/h5-8,11,14H,4,9-10,16H2,1-3H3. The van der Waals surface area contributed by atoms with E-state index in [2.05, 4.69) is 11.8 Å². The molecule has 0 spiro atoms. The maximum Gasteiger partial charge on any atom is 0.123 e. The molecule has 1 aromatic carbocycles. The van der Waals surface area contributed by atoms with Gasteiger partial charge in [-0.25, -0.2) is 4.39 Å². The second-order valence-corrected chi connectivity index (χ2v) is 4.50. The molecule has 0 saturated heterocycles. The molecule has 0 aliphatic rings. The Morgan fingerprint density at radius 1 is 1.33 bits per heavy atom. The molecular weight excluding hydrogens is 231 g/mol. The van der Waals surface area contributed by atoms with Crippen LogP contribution in [-0.4, -0.2) is 37.7 Å². The summed E-state index contributed by atoms with van der Waals surface area (Å²) in [5, 5.41) is 0. The average Bonchev–Trinajstić information content (AvgIpc) is 2.38. The van der Waals surface area contributed by atoms with Crippen molar-refractivity contribution >= 4 is 0 Å². The molecule has 4 heteroatoms. The van der Waals surface area contributed by atoms with Crippen LogP contribution in [0.25, 0.3) is 0 Å². The van der Waals surface area contributed by atoms with E-state index in [0.29, 0.717) is 6.61 Å². The summed E-state index contributed by atoms with van der Waals surface area (Å²) < 4.78 is 18.2. The van der Waals surface area contributed by atoms with Crippen molar-refractivity contribution in [3.63, 3.8) is 0 Å². The maximum absolute atomic E-state index is 12.8. The SMILES string of the molecule is CCOCCN(C)C(C)C(N)c1ccc(F)cc1. The van der Waals surface area contributed by atoms with Crippen molar-refractivity contribution in [1.29, 1.82) is 0 Å². The smallest absolute Gasteiger partial charge is 0.123 e. The van der Waals surface area contributed by atoms with Crippen LogP contribution in [0.15, 0.2) is 24.3 Å². The fourth-order valence-corrected chi connectivity index (χ4v) is 1.79. The Kier molecular flexibility index (Phi) is 6.25. The molecule has 0 bridgehead atoms. The molecule has 102 valence electrons. The lowest BCUT2D eigenvalue weighted by Gasteiger charge is -2.29. The highest BCUT2D eigenvalue weighted by atomic mass is 19.1. The molecule has 2 atom stereocenters. The van der Waals surface area contributed by atoms with Gasteiger partial charge in [0.05, 0.1) is 6.61 Å². The van der Waals surface area contributed by atoms with Crippen molar-refractivity contribution in [3.8, 4) is 0 Å². The Labute approximate surface area is 109 Å². The van der Waals surface area contributed by atoms with Crippen molar-refractivity contribution < 1.29 is 9.13 Å². The lowest BCUT2D eigenvalue weighted by atomic mass is 10.0. The molecule has 0 aliphatic carbocycles. The lowest BCUT2D eigenvalue weighted by molar-refractivity contribution is 0.105. The summed E-state index contributed by atoms with van der Waals surface area (Å²) in [5.41, 5.74) is 7.14. The van der Waals surface area contributed by atoms with Gasteiger partial charge in [-0.2, -0.15) is 0 Å². The van der Waals surface area contributed by atoms with Gasteiger partial charge in [-0.1, -0.05) is 12.1 Å². The van der Waals surface area contributed by atoms with Gasteiger partial charge in [-0.15, -0.1) is 0 Å². The zero-order valence-electron chi connectivity index (χ0n) is 11.4. The largest absolute Gasteiger partial charge is 0.380 e. The van der Waals surface area contributed by atoms with Gasteiger partial charge in [0.2, 0.25) is 0 Å². The van der Waals surface area contributed by atoms with Crippen molar-refractivity contribution in [2.45, 2.75) is 25.9 Å². The normalized spacial score (nSPS) is 14.8. The number of hydrogen-bond acceptors (Lipinski definition) is 3. The summed E-state index contributed by atoms with van der Waals surface area (Å²) in [6, 6.07) is 6.43. The first-order valence-corrected chi connectivity index (χ1v) is 6.35. The summed E-state index contributed by atoms with van der Waals surface area (Å²) >= 11 is 0. The lowest BCUT2D eigenvalue weighted by Crippen LogP contribution is -2.40. The summed E-state index contributed by atoms with van der Waals surface area (Å²) in [4.78, 5) is 2.16. The number of rotatable bonds is 7. The van der Waals surface area contributed by atoms with Gasteiger partial charge >= 0.3 is 0 Å². The fourth-order valence-electron chi connectivity index (χ4n) is 1.79. The van der Waals surface area contributed by atoms with Crippen LogP contribution in [0.3, 0.4) is 0 Å². The van der Waals surface area contributed by atoms with Crippen molar-refractivity contribution in [1.82, 2.24) is 4.90 Å². The van der Waals surface area contributed by atoms with Crippen molar-refractivity contribution in [3.05, 3.63) is 35.6 Å². The highest BCUT2D eigenvalue weighted by molar-refractivity contribution is 5.20. The van der Waals surface area contributed by atoms with Crippen LogP contribution in [0.4, 0.5) is 4.39 Å². The Balaban J connectivity index is 2.54. The van der Waals surface area contributed by atoms with E-state index in [0.717, 1.165) is 18.7 Å². The number of likely N-dealkylation sites (N-methyl/N-ethyl adjacent to an activating group) is 1. The molecule has 18 heavy (non-hydrogen) atoms. The summed E-state index contributed by atoms with van der Waals surface area (Å²) in [6.07, 6.45) is 0.